The Bertz CT molecular complexity index is 541. The predicted molar refractivity (Wildman–Crippen MR) is 64.8 cm³/mol. The number of esters is 1. The van der Waals surface area contributed by atoms with Crippen LogP contribution in [0, 0.1) is 0 Å². The highest BCUT2D eigenvalue weighted by Crippen LogP contribution is 2.31. The first kappa shape index (κ1) is 12.6. The van der Waals surface area contributed by atoms with Crippen LogP contribution in [0.2, 0.25) is 5.02 Å². The Labute approximate surface area is 108 Å². The molecular weight excluding hydrogens is 258 g/mol. The van der Waals surface area contributed by atoms with Gasteiger partial charge in [0.2, 0.25) is 0 Å². The zero-order valence-electron chi connectivity index (χ0n) is 9.60. The standard InChI is InChI=1S/C12H10ClNO4/c1-2-18-10(15)6-14-9-5-7(13)3-4-8(9)11(16)12(14)17/h3-5H,2,6H2,1H3. The molecule has 94 valence electrons. The first-order chi connectivity index (χ1) is 8.54. The van der Waals surface area contributed by atoms with Gasteiger partial charge in [-0.05, 0) is 25.1 Å². The van der Waals surface area contributed by atoms with E-state index in [1.54, 1.807) is 6.92 Å². The normalized spacial score (nSPS) is 13.8. The number of hydrogen-bond donors (Lipinski definition) is 0. The summed E-state index contributed by atoms with van der Waals surface area (Å²) in [4.78, 5) is 35.9. The first-order valence-corrected chi connectivity index (χ1v) is 5.73. The van der Waals surface area contributed by atoms with Crippen LogP contribution in [0.1, 0.15) is 17.3 Å². The van der Waals surface area contributed by atoms with Crippen molar-refractivity contribution in [1.29, 1.82) is 0 Å². The molecule has 0 atom stereocenters. The number of amides is 1. The minimum atomic E-state index is -0.736. The average Bonchev–Trinajstić information content (AvgIpc) is 2.55. The number of benzene rings is 1. The summed E-state index contributed by atoms with van der Waals surface area (Å²) in [5.74, 6) is -1.93. The van der Waals surface area contributed by atoms with Crippen molar-refractivity contribution in [3.05, 3.63) is 28.8 Å². The Hall–Kier alpha value is -1.88. The van der Waals surface area contributed by atoms with Crippen LogP contribution in [0.25, 0.3) is 0 Å². The summed E-state index contributed by atoms with van der Waals surface area (Å²) in [6.45, 7) is 1.60. The highest BCUT2D eigenvalue weighted by atomic mass is 35.5. The van der Waals surface area contributed by atoms with Crippen LogP contribution in [0.5, 0.6) is 0 Å². The fourth-order valence-electron chi connectivity index (χ4n) is 1.76. The molecule has 2 rings (SSSR count). The number of carbonyl (C=O) groups is 3. The Morgan fingerprint density at radius 3 is 2.78 bits per heavy atom. The van der Waals surface area contributed by atoms with Gasteiger partial charge in [-0.25, -0.2) is 0 Å². The van der Waals surface area contributed by atoms with E-state index in [1.165, 1.54) is 18.2 Å². The van der Waals surface area contributed by atoms with Crippen LogP contribution in [0.15, 0.2) is 18.2 Å². The van der Waals surface area contributed by atoms with Crippen LogP contribution in [0.4, 0.5) is 5.69 Å². The van der Waals surface area contributed by atoms with Gasteiger partial charge in [-0.3, -0.25) is 19.3 Å². The van der Waals surface area contributed by atoms with E-state index in [1.807, 2.05) is 0 Å². The van der Waals surface area contributed by atoms with E-state index in [0.29, 0.717) is 10.7 Å². The maximum absolute atomic E-state index is 11.7. The van der Waals surface area contributed by atoms with Crippen LogP contribution in [-0.2, 0) is 14.3 Å². The van der Waals surface area contributed by atoms with E-state index in [9.17, 15) is 14.4 Å². The number of ketones is 1. The number of hydrogen-bond acceptors (Lipinski definition) is 4. The van der Waals surface area contributed by atoms with E-state index in [2.05, 4.69) is 0 Å². The topological polar surface area (TPSA) is 63.7 Å². The van der Waals surface area contributed by atoms with Crippen molar-refractivity contribution in [3.63, 3.8) is 0 Å². The molecule has 0 bridgehead atoms. The second kappa shape index (κ2) is 4.78. The molecule has 0 N–H and O–H groups in total. The largest absolute Gasteiger partial charge is 0.465 e. The van der Waals surface area contributed by atoms with E-state index in [4.69, 9.17) is 16.3 Å². The minimum Gasteiger partial charge on any atom is -0.465 e. The predicted octanol–water partition coefficient (Wildman–Crippen LogP) is 1.43. The fraction of sp³-hybridized carbons (Fsp3) is 0.250. The van der Waals surface area contributed by atoms with Gasteiger partial charge in [0.25, 0.3) is 11.7 Å². The van der Waals surface area contributed by atoms with Crippen molar-refractivity contribution in [2.75, 3.05) is 18.1 Å². The molecule has 0 saturated heterocycles. The first-order valence-electron chi connectivity index (χ1n) is 5.36. The number of anilines is 1. The van der Waals surface area contributed by atoms with Gasteiger partial charge in [0.05, 0.1) is 17.9 Å². The summed E-state index contributed by atoms with van der Waals surface area (Å²) < 4.78 is 4.76. The van der Waals surface area contributed by atoms with Crippen LogP contribution in [0.3, 0.4) is 0 Å². The Balaban J connectivity index is 2.33. The molecule has 6 heteroatoms. The zero-order chi connectivity index (χ0) is 13.3. The lowest BCUT2D eigenvalue weighted by Gasteiger charge is -2.15. The number of carbonyl (C=O) groups excluding carboxylic acids is 3. The lowest BCUT2D eigenvalue weighted by molar-refractivity contribution is -0.142. The quantitative estimate of drug-likeness (QED) is 0.614. The van der Waals surface area contributed by atoms with E-state index < -0.39 is 17.7 Å². The van der Waals surface area contributed by atoms with Crippen molar-refractivity contribution < 1.29 is 19.1 Å². The molecule has 0 radical (unpaired) electrons. The van der Waals surface area contributed by atoms with Crippen LogP contribution < -0.4 is 4.90 Å². The number of nitrogens with zero attached hydrogens (tertiary/aromatic N) is 1. The van der Waals surface area contributed by atoms with Crippen LogP contribution in [-0.4, -0.2) is 30.8 Å². The third-order valence-corrected chi connectivity index (χ3v) is 2.76. The molecule has 0 aromatic heterocycles. The molecule has 18 heavy (non-hydrogen) atoms. The Morgan fingerprint density at radius 2 is 2.11 bits per heavy atom. The number of ether oxygens (including phenoxy) is 1. The van der Waals surface area contributed by atoms with Gasteiger partial charge in [-0.2, -0.15) is 0 Å². The number of Topliss-reactive ketones (excluding diaryl/α,β-unsaturated/α-hetero) is 1. The lowest BCUT2D eigenvalue weighted by atomic mass is 10.1. The molecule has 1 aromatic carbocycles. The molecule has 0 spiro atoms. The molecule has 0 saturated carbocycles. The van der Waals surface area contributed by atoms with Crippen molar-refractivity contribution >= 4 is 34.9 Å². The summed E-state index contributed by atoms with van der Waals surface area (Å²) in [5.41, 5.74) is 0.610. The van der Waals surface area contributed by atoms with Gasteiger partial charge in [-0.15, -0.1) is 0 Å². The average molecular weight is 268 g/mol. The van der Waals surface area contributed by atoms with Crippen LogP contribution >= 0.6 is 11.6 Å². The molecule has 1 aromatic rings. The third-order valence-electron chi connectivity index (χ3n) is 2.53. The number of halogens is 1. The van der Waals surface area contributed by atoms with Gasteiger partial charge in [0.15, 0.2) is 0 Å². The number of rotatable bonds is 3. The van der Waals surface area contributed by atoms with Crippen molar-refractivity contribution in [2.45, 2.75) is 6.92 Å². The lowest BCUT2D eigenvalue weighted by Crippen LogP contribution is -2.35. The SMILES string of the molecule is CCOC(=O)CN1C(=O)C(=O)c2ccc(Cl)cc21. The molecule has 1 heterocycles. The van der Waals surface area contributed by atoms with Gasteiger partial charge in [-0.1, -0.05) is 11.6 Å². The van der Waals surface area contributed by atoms with Crippen molar-refractivity contribution in [2.24, 2.45) is 0 Å². The summed E-state index contributed by atoms with van der Waals surface area (Å²) in [5, 5.41) is 0.394. The minimum absolute atomic E-state index is 0.219. The summed E-state index contributed by atoms with van der Waals surface area (Å²) in [6, 6.07) is 4.49. The Morgan fingerprint density at radius 1 is 1.39 bits per heavy atom. The molecule has 0 unspecified atom stereocenters. The van der Waals surface area contributed by atoms with E-state index in [0.717, 1.165) is 4.90 Å². The van der Waals surface area contributed by atoms with Gasteiger partial charge >= 0.3 is 5.97 Å². The third kappa shape index (κ3) is 2.09. The second-order valence-electron chi connectivity index (χ2n) is 3.69. The molecule has 1 amide bonds. The molecule has 1 aliphatic rings. The number of fused-ring (bicyclic) bond motifs is 1. The molecule has 1 aliphatic heterocycles. The molecular formula is C12H10ClNO4. The smallest absolute Gasteiger partial charge is 0.326 e. The van der Waals surface area contributed by atoms with Gasteiger partial charge < -0.3 is 4.74 Å². The maximum Gasteiger partial charge on any atom is 0.326 e. The highest BCUT2D eigenvalue weighted by Gasteiger charge is 2.37. The van der Waals surface area contributed by atoms with Gasteiger partial charge in [0, 0.05) is 5.02 Å². The monoisotopic (exact) mass is 267 g/mol. The zero-order valence-corrected chi connectivity index (χ0v) is 10.4. The van der Waals surface area contributed by atoms with Crippen molar-refractivity contribution in [3.8, 4) is 0 Å². The molecule has 0 aliphatic carbocycles. The van der Waals surface area contributed by atoms with Gasteiger partial charge in [0.1, 0.15) is 6.54 Å². The maximum atomic E-state index is 11.7. The Kier molecular flexibility index (Phi) is 3.34. The van der Waals surface area contributed by atoms with E-state index in [-0.39, 0.29) is 18.7 Å². The van der Waals surface area contributed by atoms with E-state index >= 15 is 0 Å². The summed E-state index contributed by atoms with van der Waals surface area (Å²) >= 11 is 5.82. The summed E-state index contributed by atoms with van der Waals surface area (Å²) in [6.07, 6.45) is 0. The summed E-state index contributed by atoms with van der Waals surface area (Å²) in [7, 11) is 0. The second-order valence-corrected chi connectivity index (χ2v) is 4.12. The highest BCUT2D eigenvalue weighted by molar-refractivity contribution is 6.52. The fourth-order valence-corrected chi connectivity index (χ4v) is 1.93. The van der Waals surface area contributed by atoms with Crippen molar-refractivity contribution in [1.82, 2.24) is 0 Å². The molecule has 5 nitrogen and oxygen atoms in total. The molecule has 0 fully saturated rings.